The summed E-state index contributed by atoms with van der Waals surface area (Å²) in [5, 5.41) is 17.8. The molecule has 1 saturated heterocycles. The van der Waals surface area contributed by atoms with Gasteiger partial charge in [0.15, 0.2) is 0 Å². The van der Waals surface area contributed by atoms with Crippen LogP contribution in [0.1, 0.15) is 11.5 Å². The van der Waals surface area contributed by atoms with Gasteiger partial charge in [-0.1, -0.05) is 0 Å². The maximum atomic E-state index is 9.13. The van der Waals surface area contributed by atoms with Gasteiger partial charge in [0, 0.05) is 19.2 Å². The normalized spacial score (nSPS) is 16.2. The lowest BCUT2D eigenvalue weighted by atomic mass is 10.2. The van der Waals surface area contributed by atoms with Crippen LogP contribution in [0.4, 0.5) is 5.82 Å². The van der Waals surface area contributed by atoms with Crippen molar-refractivity contribution < 1.29 is 5.11 Å². The quantitative estimate of drug-likeness (QED) is 0.666. The second-order valence-electron chi connectivity index (χ2n) is 3.33. The lowest BCUT2D eigenvalue weighted by molar-refractivity contribution is 0.141. The SMILES string of the molecule is Cc1nc(C#N)cc(N2CC(O)C2)n1. The third-order valence-electron chi connectivity index (χ3n) is 2.13. The zero-order valence-corrected chi connectivity index (χ0v) is 7.80. The highest BCUT2D eigenvalue weighted by atomic mass is 16.3. The van der Waals surface area contributed by atoms with Crippen LogP contribution in [0, 0.1) is 18.3 Å². The largest absolute Gasteiger partial charge is 0.389 e. The molecule has 5 nitrogen and oxygen atoms in total. The fraction of sp³-hybridized carbons (Fsp3) is 0.444. The van der Waals surface area contributed by atoms with Gasteiger partial charge in [-0.15, -0.1) is 0 Å². The number of hydrogen-bond acceptors (Lipinski definition) is 5. The minimum atomic E-state index is -0.268. The molecule has 1 fully saturated rings. The van der Waals surface area contributed by atoms with Gasteiger partial charge in [0.25, 0.3) is 0 Å². The fourth-order valence-corrected chi connectivity index (χ4v) is 1.41. The number of aliphatic hydroxyl groups excluding tert-OH is 1. The van der Waals surface area contributed by atoms with Crippen LogP contribution in [-0.2, 0) is 0 Å². The van der Waals surface area contributed by atoms with Gasteiger partial charge in [-0.3, -0.25) is 0 Å². The molecule has 0 aliphatic carbocycles. The summed E-state index contributed by atoms with van der Waals surface area (Å²) >= 11 is 0. The van der Waals surface area contributed by atoms with E-state index in [4.69, 9.17) is 10.4 Å². The summed E-state index contributed by atoms with van der Waals surface area (Å²) < 4.78 is 0. The van der Waals surface area contributed by atoms with Crippen molar-refractivity contribution in [2.45, 2.75) is 13.0 Å². The summed E-state index contributed by atoms with van der Waals surface area (Å²) in [6.45, 7) is 2.92. The Kier molecular flexibility index (Phi) is 2.06. The standard InChI is InChI=1S/C9H10N4O/c1-6-11-7(3-10)2-9(12-6)13-4-8(14)5-13/h2,8,14H,4-5H2,1H3. The second kappa shape index (κ2) is 3.24. The van der Waals surface area contributed by atoms with Gasteiger partial charge >= 0.3 is 0 Å². The molecule has 14 heavy (non-hydrogen) atoms. The summed E-state index contributed by atoms with van der Waals surface area (Å²) in [7, 11) is 0. The average Bonchev–Trinajstić information content (AvgIpc) is 2.12. The van der Waals surface area contributed by atoms with Crippen LogP contribution in [0.25, 0.3) is 0 Å². The van der Waals surface area contributed by atoms with E-state index in [1.54, 1.807) is 13.0 Å². The van der Waals surface area contributed by atoms with Gasteiger partial charge in [0.05, 0.1) is 6.10 Å². The Morgan fingerprint density at radius 3 is 2.86 bits per heavy atom. The van der Waals surface area contributed by atoms with E-state index in [9.17, 15) is 0 Å². The van der Waals surface area contributed by atoms with E-state index >= 15 is 0 Å². The zero-order valence-electron chi connectivity index (χ0n) is 7.80. The van der Waals surface area contributed by atoms with Crippen molar-refractivity contribution in [3.8, 4) is 6.07 Å². The van der Waals surface area contributed by atoms with Crippen LogP contribution in [0.2, 0.25) is 0 Å². The Hall–Kier alpha value is -1.67. The predicted octanol–water partition coefficient (Wildman–Crippen LogP) is -0.162. The van der Waals surface area contributed by atoms with E-state index in [0.29, 0.717) is 24.6 Å². The molecule has 0 amide bonds. The van der Waals surface area contributed by atoms with Crippen molar-refractivity contribution in [2.24, 2.45) is 0 Å². The molecular weight excluding hydrogens is 180 g/mol. The molecule has 0 spiro atoms. The molecule has 1 aliphatic rings. The molecule has 1 aliphatic heterocycles. The lowest BCUT2D eigenvalue weighted by Gasteiger charge is -2.36. The van der Waals surface area contributed by atoms with Gasteiger partial charge in [-0.25, -0.2) is 9.97 Å². The molecule has 0 saturated carbocycles. The molecule has 0 bridgehead atoms. The molecule has 0 aromatic carbocycles. The molecular formula is C9H10N4O. The topological polar surface area (TPSA) is 73.0 Å². The number of nitriles is 1. The molecule has 72 valence electrons. The van der Waals surface area contributed by atoms with Gasteiger partial charge < -0.3 is 10.0 Å². The second-order valence-corrected chi connectivity index (χ2v) is 3.33. The van der Waals surface area contributed by atoms with Crippen molar-refractivity contribution in [1.29, 1.82) is 5.26 Å². The van der Waals surface area contributed by atoms with Gasteiger partial charge in [0.1, 0.15) is 23.4 Å². The first-order valence-corrected chi connectivity index (χ1v) is 4.38. The Labute approximate surface area is 81.6 Å². The van der Waals surface area contributed by atoms with E-state index < -0.39 is 0 Å². The fourth-order valence-electron chi connectivity index (χ4n) is 1.41. The van der Waals surface area contributed by atoms with Crippen molar-refractivity contribution in [2.75, 3.05) is 18.0 Å². The average molecular weight is 190 g/mol. The molecule has 0 radical (unpaired) electrons. The molecule has 1 aromatic rings. The number of rotatable bonds is 1. The smallest absolute Gasteiger partial charge is 0.146 e. The van der Waals surface area contributed by atoms with Crippen molar-refractivity contribution in [3.05, 3.63) is 17.6 Å². The number of anilines is 1. The summed E-state index contributed by atoms with van der Waals surface area (Å²) in [6, 6.07) is 3.62. The Morgan fingerprint density at radius 1 is 1.57 bits per heavy atom. The van der Waals surface area contributed by atoms with Crippen LogP contribution >= 0.6 is 0 Å². The first-order valence-electron chi connectivity index (χ1n) is 4.38. The molecule has 0 unspecified atom stereocenters. The molecule has 2 heterocycles. The van der Waals surface area contributed by atoms with Gasteiger partial charge in [-0.05, 0) is 6.92 Å². The van der Waals surface area contributed by atoms with Crippen molar-refractivity contribution in [3.63, 3.8) is 0 Å². The Bertz CT molecular complexity index is 392. The third-order valence-corrected chi connectivity index (χ3v) is 2.13. The summed E-state index contributed by atoms with van der Waals surface area (Å²) in [5.74, 6) is 1.31. The summed E-state index contributed by atoms with van der Waals surface area (Å²) in [5.41, 5.74) is 0.369. The predicted molar refractivity (Wildman–Crippen MR) is 49.7 cm³/mol. The van der Waals surface area contributed by atoms with E-state index in [-0.39, 0.29) is 6.10 Å². The van der Waals surface area contributed by atoms with E-state index in [1.807, 2.05) is 11.0 Å². The maximum absolute atomic E-state index is 9.13. The minimum absolute atomic E-state index is 0.268. The first-order chi connectivity index (χ1) is 6.69. The third kappa shape index (κ3) is 1.52. The van der Waals surface area contributed by atoms with Crippen LogP contribution in [-0.4, -0.2) is 34.3 Å². The van der Waals surface area contributed by atoms with Crippen molar-refractivity contribution >= 4 is 5.82 Å². The minimum Gasteiger partial charge on any atom is -0.389 e. The lowest BCUT2D eigenvalue weighted by Crippen LogP contribution is -2.51. The molecule has 1 N–H and O–H groups in total. The number of nitrogens with zero attached hydrogens (tertiary/aromatic N) is 4. The number of hydrogen-bond donors (Lipinski definition) is 1. The van der Waals surface area contributed by atoms with Crippen molar-refractivity contribution in [1.82, 2.24) is 9.97 Å². The maximum Gasteiger partial charge on any atom is 0.146 e. The molecule has 2 rings (SSSR count). The monoisotopic (exact) mass is 190 g/mol. The summed E-state index contributed by atoms with van der Waals surface area (Å²) in [4.78, 5) is 10.1. The Morgan fingerprint density at radius 2 is 2.29 bits per heavy atom. The highest BCUT2D eigenvalue weighted by molar-refractivity contribution is 5.45. The van der Waals surface area contributed by atoms with Crippen LogP contribution in [0.5, 0.6) is 0 Å². The van der Waals surface area contributed by atoms with Crippen LogP contribution in [0.3, 0.4) is 0 Å². The number of β-amino-alcohol motifs (C(OH)–C–C–N with tert-alkyl or cyclic N) is 1. The summed E-state index contributed by atoms with van der Waals surface area (Å²) in [6.07, 6.45) is -0.268. The van der Waals surface area contributed by atoms with E-state index in [0.717, 1.165) is 5.82 Å². The number of aryl methyl sites for hydroxylation is 1. The highest BCUT2D eigenvalue weighted by Gasteiger charge is 2.25. The van der Waals surface area contributed by atoms with E-state index in [2.05, 4.69) is 9.97 Å². The van der Waals surface area contributed by atoms with Crippen LogP contribution < -0.4 is 4.90 Å². The Balaban J connectivity index is 2.26. The first kappa shape index (κ1) is 8.91. The highest BCUT2D eigenvalue weighted by Crippen LogP contribution is 2.18. The number of aromatic nitrogens is 2. The van der Waals surface area contributed by atoms with Gasteiger partial charge in [-0.2, -0.15) is 5.26 Å². The van der Waals surface area contributed by atoms with E-state index in [1.165, 1.54) is 0 Å². The van der Waals surface area contributed by atoms with Gasteiger partial charge in [0.2, 0.25) is 0 Å². The molecule has 1 aromatic heterocycles. The number of aliphatic hydroxyl groups is 1. The van der Waals surface area contributed by atoms with Crippen LogP contribution in [0.15, 0.2) is 6.07 Å². The molecule has 5 heteroatoms. The zero-order chi connectivity index (χ0) is 10.1. The molecule has 0 atom stereocenters.